The van der Waals surface area contributed by atoms with Gasteiger partial charge in [0.25, 0.3) is 11.1 Å². The second-order valence-corrected chi connectivity index (χ2v) is 6.40. The minimum Gasteiger partial charge on any atom is -0.436 e. The number of nitrogens with zero attached hydrogens (tertiary/aromatic N) is 4. The van der Waals surface area contributed by atoms with Crippen LogP contribution in [0.25, 0.3) is 5.69 Å². The van der Waals surface area contributed by atoms with Crippen LogP contribution >= 0.6 is 11.6 Å². The van der Waals surface area contributed by atoms with Crippen molar-refractivity contribution in [2.24, 2.45) is 0 Å². The molecule has 0 radical (unpaired) electrons. The third-order valence-electron chi connectivity index (χ3n) is 3.74. The summed E-state index contributed by atoms with van der Waals surface area (Å²) in [6.45, 7) is 3.72. The summed E-state index contributed by atoms with van der Waals surface area (Å²) in [5.41, 5.74) is -1.74. The van der Waals surface area contributed by atoms with Gasteiger partial charge in [-0.15, -0.1) is 10.2 Å². The van der Waals surface area contributed by atoms with Gasteiger partial charge in [0.15, 0.2) is 0 Å². The highest BCUT2D eigenvalue weighted by molar-refractivity contribution is 6.32. The van der Waals surface area contributed by atoms with E-state index >= 15 is 0 Å². The lowest BCUT2D eigenvalue weighted by Gasteiger charge is -2.10. The van der Waals surface area contributed by atoms with E-state index in [1.165, 1.54) is 24.3 Å². The topological polar surface area (TPSA) is 147 Å². The van der Waals surface area contributed by atoms with Crippen LogP contribution in [0.15, 0.2) is 38.6 Å². The summed E-state index contributed by atoms with van der Waals surface area (Å²) in [6.07, 6.45) is 0. The third kappa shape index (κ3) is 3.70. The van der Waals surface area contributed by atoms with Crippen LogP contribution in [-0.2, 0) is 0 Å². The fraction of sp³-hybridized carbons (Fsp3) is 0.176. The number of aromatic amines is 2. The predicted molar refractivity (Wildman–Crippen MR) is 99.2 cm³/mol. The van der Waals surface area contributed by atoms with Gasteiger partial charge in [0.05, 0.1) is 10.7 Å². The molecular formula is C17H13ClN6O4. The summed E-state index contributed by atoms with van der Waals surface area (Å²) in [4.78, 5) is 37.1. The van der Waals surface area contributed by atoms with Crippen molar-refractivity contribution in [3.05, 3.63) is 71.7 Å². The summed E-state index contributed by atoms with van der Waals surface area (Å²) >= 11 is 6.22. The Kier molecular flexibility index (Phi) is 5.10. The smallest absolute Gasteiger partial charge is 0.349 e. The first kappa shape index (κ1) is 19.1. The Morgan fingerprint density at radius 1 is 1.21 bits per heavy atom. The lowest BCUT2D eigenvalue weighted by molar-refractivity contribution is 0.452. The van der Waals surface area contributed by atoms with Crippen molar-refractivity contribution in [2.45, 2.75) is 19.8 Å². The lowest BCUT2D eigenvalue weighted by Crippen LogP contribution is -2.33. The Hall–Kier alpha value is -3.71. The molecule has 2 heterocycles. The van der Waals surface area contributed by atoms with Crippen molar-refractivity contribution in [2.75, 3.05) is 0 Å². The Bertz CT molecular complexity index is 1270. The summed E-state index contributed by atoms with van der Waals surface area (Å²) in [5.74, 6) is 0.334. The summed E-state index contributed by atoms with van der Waals surface area (Å²) in [5, 5.41) is 18.9. The number of aromatic nitrogens is 5. The molecule has 0 saturated carbocycles. The van der Waals surface area contributed by atoms with Crippen LogP contribution in [0.4, 0.5) is 0 Å². The molecule has 11 heteroatoms. The van der Waals surface area contributed by atoms with E-state index in [4.69, 9.17) is 21.6 Å². The zero-order valence-corrected chi connectivity index (χ0v) is 15.4. The van der Waals surface area contributed by atoms with Crippen LogP contribution in [0.5, 0.6) is 11.6 Å². The molecule has 28 heavy (non-hydrogen) atoms. The van der Waals surface area contributed by atoms with E-state index in [0.717, 1.165) is 4.68 Å². The van der Waals surface area contributed by atoms with Gasteiger partial charge in [-0.3, -0.25) is 14.6 Å². The largest absolute Gasteiger partial charge is 0.436 e. The molecule has 0 amide bonds. The van der Waals surface area contributed by atoms with Gasteiger partial charge in [0, 0.05) is 11.6 Å². The molecule has 0 aliphatic carbocycles. The maximum absolute atomic E-state index is 11.9. The first-order valence-electron chi connectivity index (χ1n) is 8.01. The monoisotopic (exact) mass is 400 g/mol. The van der Waals surface area contributed by atoms with Crippen molar-refractivity contribution in [3.8, 4) is 23.4 Å². The van der Waals surface area contributed by atoms with Crippen molar-refractivity contribution in [1.29, 1.82) is 5.26 Å². The first-order valence-corrected chi connectivity index (χ1v) is 8.39. The molecule has 1 aromatic carbocycles. The number of halogens is 1. The fourth-order valence-electron chi connectivity index (χ4n) is 2.35. The maximum atomic E-state index is 11.9. The van der Waals surface area contributed by atoms with Gasteiger partial charge in [-0.25, -0.2) is 9.89 Å². The van der Waals surface area contributed by atoms with E-state index < -0.39 is 16.9 Å². The number of hydrogen-bond acceptors (Lipinski definition) is 7. The van der Waals surface area contributed by atoms with Crippen molar-refractivity contribution < 1.29 is 4.74 Å². The molecule has 0 unspecified atom stereocenters. The average molecular weight is 401 g/mol. The van der Waals surface area contributed by atoms with Crippen LogP contribution in [0, 0.1) is 11.3 Å². The molecule has 2 aromatic heterocycles. The Morgan fingerprint density at radius 3 is 2.61 bits per heavy atom. The van der Waals surface area contributed by atoms with Crippen LogP contribution in [0.1, 0.15) is 31.0 Å². The summed E-state index contributed by atoms with van der Waals surface area (Å²) in [6, 6.07) is 7.42. The molecule has 0 spiro atoms. The van der Waals surface area contributed by atoms with Gasteiger partial charge in [0.1, 0.15) is 11.8 Å². The highest BCUT2D eigenvalue weighted by atomic mass is 35.5. The van der Waals surface area contributed by atoms with Crippen LogP contribution in [0.3, 0.4) is 0 Å². The summed E-state index contributed by atoms with van der Waals surface area (Å²) < 4.78 is 6.45. The fourth-order valence-corrected chi connectivity index (χ4v) is 2.56. The Balaban J connectivity index is 1.98. The second-order valence-electron chi connectivity index (χ2n) is 5.99. The van der Waals surface area contributed by atoms with E-state index in [1.807, 2.05) is 18.8 Å². The minimum atomic E-state index is -0.875. The zero-order valence-electron chi connectivity index (χ0n) is 14.7. The number of nitriles is 1. The van der Waals surface area contributed by atoms with Crippen molar-refractivity contribution in [1.82, 2.24) is 25.0 Å². The Morgan fingerprint density at radius 2 is 1.96 bits per heavy atom. The van der Waals surface area contributed by atoms with Gasteiger partial charge in [-0.05, 0) is 24.1 Å². The standard InChI is InChI=1S/C17H13ClN6O4/c1-8(2)10-6-14(21-22-15(10)25)28-13-4-3-9(5-11(13)18)24-17(27)20-16(26)12(7-19)23-24/h3-6,8H,1-2H3,(H,22,25)(H,20,26,27). The van der Waals surface area contributed by atoms with E-state index in [2.05, 4.69) is 15.3 Å². The molecule has 0 fully saturated rings. The SMILES string of the molecule is CC(C)c1cc(Oc2ccc(-n3nc(C#N)c(=O)[nH]c3=O)cc2Cl)n[nH]c1=O. The molecule has 142 valence electrons. The van der Waals surface area contributed by atoms with E-state index in [9.17, 15) is 14.4 Å². The van der Waals surface area contributed by atoms with Crippen LogP contribution in [-0.4, -0.2) is 25.0 Å². The minimum absolute atomic E-state index is 0.0283. The molecule has 0 bridgehead atoms. The molecule has 10 nitrogen and oxygen atoms in total. The molecule has 3 aromatic rings. The number of rotatable bonds is 4. The molecule has 3 rings (SSSR count). The molecule has 0 aliphatic heterocycles. The number of ether oxygens (including phenoxy) is 1. The van der Waals surface area contributed by atoms with E-state index in [-0.39, 0.29) is 33.8 Å². The second kappa shape index (κ2) is 7.50. The van der Waals surface area contributed by atoms with Gasteiger partial charge < -0.3 is 4.74 Å². The van der Waals surface area contributed by atoms with Crippen molar-refractivity contribution >= 4 is 11.6 Å². The van der Waals surface area contributed by atoms with Crippen LogP contribution < -0.4 is 21.5 Å². The molecule has 2 N–H and O–H groups in total. The normalized spacial score (nSPS) is 10.7. The quantitative estimate of drug-likeness (QED) is 0.673. The number of nitrogens with one attached hydrogen (secondary N) is 2. The third-order valence-corrected chi connectivity index (χ3v) is 4.03. The van der Waals surface area contributed by atoms with Gasteiger partial charge >= 0.3 is 5.69 Å². The number of hydrogen-bond donors (Lipinski definition) is 2. The molecule has 0 saturated heterocycles. The zero-order chi connectivity index (χ0) is 20.4. The maximum Gasteiger partial charge on any atom is 0.349 e. The molecule has 0 aliphatic rings. The van der Waals surface area contributed by atoms with Crippen molar-refractivity contribution in [3.63, 3.8) is 0 Å². The Labute approximate surface area is 162 Å². The first-order chi connectivity index (χ1) is 13.3. The highest BCUT2D eigenvalue weighted by Crippen LogP contribution is 2.30. The van der Waals surface area contributed by atoms with E-state index in [1.54, 1.807) is 6.07 Å². The van der Waals surface area contributed by atoms with Crippen LogP contribution in [0.2, 0.25) is 5.02 Å². The number of benzene rings is 1. The van der Waals surface area contributed by atoms with Gasteiger partial charge in [-0.2, -0.15) is 9.94 Å². The van der Waals surface area contributed by atoms with E-state index in [0.29, 0.717) is 5.56 Å². The predicted octanol–water partition coefficient (Wildman–Crippen LogP) is 1.44. The molecule has 0 atom stereocenters. The lowest BCUT2D eigenvalue weighted by atomic mass is 10.1. The summed E-state index contributed by atoms with van der Waals surface area (Å²) in [7, 11) is 0. The number of H-pyrrole nitrogens is 2. The highest BCUT2D eigenvalue weighted by Gasteiger charge is 2.13. The molecular weight excluding hydrogens is 388 g/mol. The van der Waals surface area contributed by atoms with Gasteiger partial charge in [-0.1, -0.05) is 25.4 Å². The van der Waals surface area contributed by atoms with Gasteiger partial charge in [0.2, 0.25) is 11.6 Å². The average Bonchev–Trinajstić information content (AvgIpc) is 2.65.